The van der Waals surface area contributed by atoms with Crippen LogP contribution in [0.5, 0.6) is 0 Å². The first-order valence-corrected chi connectivity index (χ1v) is 8.54. The van der Waals surface area contributed by atoms with Crippen molar-refractivity contribution in [1.82, 2.24) is 19.9 Å². The Morgan fingerprint density at radius 3 is 2.92 bits per heavy atom. The van der Waals surface area contributed by atoms with E-state index in [1.54, 1.807) is 0 Å². The first kappa shape index (κ1) is 15.6. The molecule has 0 aliphatic carbocycles. The van der Waals surface area contributed by atoms with Crippen molar-refractivity contribution in [3.05, 3.63) is 35.2 Å². The number of likely N-dealkylation sites (tertiary alicyclic amines) is 2. The zero-order chi connectivity index (χ0) is 16.7. The Morgan fingerprint density at radius 2 is 2.12 bits per heavy atom. The summed E-state index contributed by atoms with van der Waals surface area (Å²) in [4.78, 5) is 20.5. The molecule has 1 aromatic carbocycles. The zero-order valence-corrected chi connectivity index (χ0v) is 14.2. The van der Waals surface area contributed by atoms with Crippen molar-refractivity contribution < 1.29 is 9.32 Å². The third kappa shape index (κ3) is 2.91. The van der Waals surface area contributed by atoms with E-state index in [0.717, 1.165) is 25.1 Å². The van der Waals surface area contributed by atoms with Gasteiger partial charge < -0.3 is 9.42 Å². The molecule has 6 nitrogen and oxygen atoms in total. The predicted octanol–water partition coefficient (Wildman–Crippen LogP) is 2.44. The molecule has 4 rings (SSSR count). The van der Waals surface area contributed by atoms with Gasteiger partial charge in [-0.3, -0.25) is 9.69 Å². The van der Waals surface area contributed by atoms with Gasteiger partial charge in [0.25, 0.3) is 0 Å². The minimum absolute atomic E-state index is 0.259. The van der Waals surface area contributed by atoms with Crippen LogP contribution in [-0.4, -0.2) is 52.0 Å². The van der Waals surface area contributed by atoms with Gasteiger partial charge in [-0.1, -0.05) is 16.8 Å². The van der Waals surface area contributed by atoms with E-state index < -0.39 is 0 Å². The Balaban J connectivity index is 1.43. The highest BCUT2D eigenvalue weighted by Gasteiger charge is 2.41. The van der Waals surface area contributed by atoms with Crippen LogP contribution in [0.15, 0.2) is 28.8 Å². The number of carbonyl (C=O) groups is 1. The van der Waals surface area contributed by atoms with E-state index in [9.17, 15) is 4.79 Å². The van der Waals surface area contributed by atoms with Crippen molar-refractivity contribution in [2.45, 2.75) is 25.4 Å². The largest absolute Gasteiger partial charge is 0.341 e. The molecule has 0 N–H and O–H groups in total. The van der Waals surface area contributed by atoms with Gasteiger partial charge in [-0.05, 0) is 43.1 Å². The van der Waals surface area contributed by atoms with Gasteiger partial charge in [0.05, 0.1) is 6.54 Å². The van der Waals surface area contributed by atoms with E-state index in [4.69, 9.17) is 16.1 Å². The van der Waals surface area contributed by atoms with Crippen LogP contribution in [0.3, 0.4) is 0 Å². The normalized spacial score (nSPS) is 24.4. The lowest BCUT2D eigenvalue weighted by molar-refractivity contribution is -0.127. The SMILES string of the molecule is CN1C(=O)C[C@H]2CCN(Cc3nc(-c4ccc(Cl)cc4)no3)C[C@H]21. The maximum absolute atomic E-state index is 11.8. The number of hydrogen-bond donors (Lipinski definition) is 0. The molecule has 7 heteroatoms. The molecule has 2 atom stereocenters. The molecule has 1 aromatic heterocycles. The number of halogens is 1. The lowest BCUT2D eigenvalue weighted by Gasteiger charge is -2.36. The number of benzene rings is 1. The number of amides is 1. The number of likely N-dealkylation sites (N-methyl/N-ethyl adjacent to an activating group) is 1. The van der Waals surface area contributed by atoms with Crippen molar-refractivity contribution in [3.63, 3.8) is 0 Å². The summed E-state index contributed by atoms with van der Waals surface area (Å²) in [5.74, 6) is 1.93. The van der Waals surface area contributed by atoms with Crippen LogP contribution in [0.2, 0.25) is 5.02 Å². The second-order valence-corrected chi connectivity index (χ2v) is 7.02. The van der Waals surface area contributed by atoms with Crippen LogP contribution in [0.1, 0.15) is 18.7 Å². The molecule has 24 heavy (non-hydrogen) atoms. The first-order chi connectivity index (χ1) is 11.6. The number of aromatic nitrogens is 2. The van der Waals surface area contributed by atoms with E-state index in [-0.39, 0.29) is 5.91 Å². The molecule has 0 spiro atoms. The number of hydrogen-bond acceptors (Lipinski definition) is 5. The fraction of sp³-hybridized carbons (Fsp3) is 0.471. The topological polar surface area (TPSA) is 62.5 Å². The summed E-state index contributed by atoms with van der Waals surface area (Å²) in [6.07, 6.45) is 1.73. The Kier molecular flexibility index (Phi) is 4.02. The van der Waals surface area contributed by atoms with Crippen molar-refractivity contribution in [1.29, 1.82) is 0 Å². The summed E-state index contributed by atoms with van der Waals surface area (Å²) in [5.41, 5.74) is 0.884. The zero-order valence-electron chi connectivity index (χ0n) is 13.5. The van der Waals surface area contributed by atoms with E-state index in [1.807, 2.05) is 36.2 Å². The van der Waals surface area contributed by atoms with Gasteiger partial charge in [-0.25, -0.2) is 0 Å². The molecule has 2 aliphatic heterocycles. The van der Waals surface area contributed by atoms with E-state index >= 15 is 0 Å². The molecule has 2 aromatic rings. The summed E-state index contributed by atoms with van der Waals surface area (Å²) in [5, 5.41) is 4.74. The third-order valence-corrected chi connectivity index (χ3v) is 5.31. The first-order valence-electron chi connectivity index (χ1n) is 8.16. The van der Waals surface area contributed by atoms with Gasteiger partial charge >= 0.3 is 0 Å². The highest BCUT2D eigenvalue weighted by molar-refractivity contribution is 6.30. The van der Waals surface area contributed by atoms with Gasteiger partial charge in [0.2, 0.25) is 17.6 Å². The Morgan fingerprint density at radius 1 is 1.33 bits per heavy atom. The van der Waals surface area contributed by atoms with Crippen LogP contribution >= 0.6 is 11.6 Å². The molecule has 2 saturated heterocycles. The maximum Gasteiger partial charge on any atom is 0.241 e. The average Bonchev–Trinajstić information content (AvgIpc) is 3.14. The molecule has 2 fully saturated rings. The van der Waals surface area contributed by atoms with Gasteiger partial charge in [0.1, 0.15) is 0 Å². The van der Waals surface area contributed by atoms with Crippen LogP contribution < -0.4 is 0 Å². The van der Waals surface area contributed by atoms with Crippen molar-refractivity contribution in [3.8, 4) is 11.4 Å². The quantitative estimate of drug-likeness (QED) is 0.854. The van der Waals surface area contributed by atoms with E-state index in [1.165, 1.54) is 0 Å². The fourth-order valence-corrected chi connectivity index (χ4v) is 3.77. The van der Waals surface area contributed by atoms with Crippen LogP contribution in [-0.2, 0) is 11.3 Å². The molecule has 2 aliphatic rings. The molecule has 0 bridgehead atoms. The molecule has 0 unspecified atom stereocenters. The minimum Gasteiger partial charge on any atom is -0.341 e. The molecular formula is C17H19ClN4O2. The van der Waals surface area contributed by atoms with Crippen LogP contribution in [0.25, 0.3) is 11.4 Å². The highest BCUT2D eigenvalue weighted by Crippen LogP contribution is 2.32. The smallest absolute Gasteiger partial charge is 0.241 e. The Bertz CT molecular complexity index is 745. The summed E-state index contributed by atoms with van der Waals surface area (Å²) in [7, 11) is 1.90. The Hall–Kier alpha value is -1.92. The number of fused-ring (bicyclic) bond motifs is 1. The average molecular weight is 347 g/mol. The van der Waals surface area contributed by atoms with Crippen LogP contribution in [0, 0.1) is 5.92 Å². The van der Waals surface area contributed by atoms with Crippen molar-refractivity contribution in [2.75, 3.05) is 20.1 Å². The van der Waals surface area contributed by atoms with E-state index in [0.29, 0.717) is 41.7 Å². The highest BCUT2D eigenvalue weighted by atomic mass is 35.5. The summed E-state index contributed by atoms with van der Waals surface area (Å²) >= 11 is 5.90. The lowest BCUT2D eigenvalue weighted by Crippen LogP contribution is -2.47. The van der Waals surface area contributed by atoms with Gasteiger partial charge in [0.15, 0.2) is 0 Å². The second-order valence-electron chi connectivity index (χ2n) is 6.58. The van der Waals surface area contributed by atoms with Crippen LogP contribution in [0.4, 0.5) is 0 Å². The molecule has 3 heterocycles. The number of nitrogens with zero attached hydrogens (tertiary/aromatic N) is 4. The number of carbonyl (C=O) groups excluding carboxylic acids is 1. The summed E-state index contributed by atoms with van der Waals surface area (Å²) in [6, 6.07) is 7.68. The molecule has 0 radical (unpaired) electrons. The molecule has 126 valence electrons. The summed E-state index contributed by atoms with van der Waals surface area (Å²) in [6.45, 7) is 2.44. The Labute approximate surface area is 145 Å². The number of rotatable bonds is 3. The van der Waals surface area contributed by atoms with Crippen molar-refractivity contribution >= 4 is 17.5 Å². The summed E-state index contributed by atoms with van der Waals surface area (Å²) < 4.78 is 5.40. The van der Waals surface area contributed by atoms with Crippen molar-refractivity contribution in [2.24, 2.45) is 5.92 Å². The van der Waals surface area contributed by atoms with E-state index in [2.05, 4.69) is 15.0 Å². The standard InChI is InChI=1S/C17H19ClN4O2/c1-21-14-9-22(7-6-12(14)8-16(21)23)10-15-19-17(20-24-15)11-2-4-13(18)5-3-11/h2-5,12,14H,6-10H2,1H3/t12-,14-/m1/s1. The van der Waals surface area contributed by atoms with Gasteiger partial charge in [-0.15, -0.1) is 0 Å². The predicted molar refractivity (Wildman–Crippen MR) is 89.3 cm³/mol. The maximum atomic E-state index is 11.8. The molecular weight excluding hydrogens is 328 g/mol. The van der Waals surface area contributed by atoms with Gasteiger partial charge in [0, 0.05) is 36.6 Å². The molecule has 0 saturated carbocycles. The number of piperidine rings is 1. The third-order valence-electron chi connectivity index (χ3n) is 5.06. The molecule has 1 amide bonds. The van der Waals surface area contributed by atoms with Gasteiger partial charge in [-0.2, -0.15) is 4.98 Å². The minimum atomic E-state index is 0.259. The second kappa shape index (κ2) is 6.18. The monoisotopic (exact) mass is 346 g/mol. The fourth-order valence-electron chi connectivity index (χ4n) is 3.65. The lowest BCUT2D eigenvalue weighted by atomic mass is 9.92.